The third-order valence-electron chi connectivity index (χ3n) is 3.01. The third-order valence-corrected chi connectivity index (χ3v) is 6.81. The lowest BCUT2D eigenvalue weighted by Gasteiger charge is -2.19. The number of aromatic amines is 1. The van der Waals surface area contributed by atoms with Crippen molar-refractivity contribution in [1.29, 1.82) is 0 Å². The summed E-state index contributed by atoms with van der Waals surface area (Å²) in [6.07, 6.45) is -0.677. The summed E-state index contributed by atoms with van der Waals surface area (Å²) in [4.78, 5) is 49.0. The summed E-state index contributed by atoms with van der Waals surface area (Å²) >= 11 is 0. The molecule has 15 nitrogen and oxygen atoms in total. The molecule has 150 valence electrons. The van der Waals surface area contributed by atoms with Crippen LogP contribution in [0.25, 0.3) is 0 Å². The molecule has 0 amide bonds. The molecule has 1 saturated heterocycles. The molecule has 1 aliphatic rings. The van der Waals surface area contributed by atoms with E-state index in [2.05, 4.69) is 18.1 Å². The molecule has 1 aromatic rings. The molecule has 2 heterocycles. The molecule has 0 aromatic carbocycles. The van der Waals surface area contributed by atoms with E-state index < -0.39 is 54.2 Å². The second kappa shape index (κ2) is 7.76. The van der Waals surface area contributed by atoms with Gasteiger partial charge in [0.2, 0.25) is 0 Å². The molecule has 0 spiro atoms. The van der Waals surface area contributed by atoms with Crippen molar-refractivity contribution in [2.24, 2.45) is 0 Å². The predicted octanol–water partition coefficient (Wildman–Crippen LogP) is -0.832. The standard InChI is InChI=1S/C8H15N2O13P3/c11-5-3-7(10-2-1-9-8(10)12)21-6(5)4-20-25(16,17)23-26(18,19)22-24(13,14)15/h1-2,5-7,11H,3-4H2,(H,9,12)(H,16,17)(H,18,19)(H2,13,14,15)/t5-,6+,7+/m0/s1. The molecule has 6 N–H and O–H groups in total. The predicted molar refractivity (Wildman–Crippen MR) is 79.4 cm³/mol. The van der Waals surface area contributed by atoms with Crippen LogP contribution in [-0.2, 0) is 31.6 Å². The van der Waals surface area contributed by atoms with Gasteiger partial charge in [0.25, 0.3) is 0 Å². The molecule has 1 aromatic heterocycles. The van der Waals surface area contributed by atoms with Crippen LogP contribution in [0.15, 0.2) is 17.2 Å². The highest BCUT2D eigenvalue weighted by Gasteiger charge is 2.42. The Kier molecular flexibility index (Phi) is 6.46. The topological polar surface area (TPSA) is 227 Å². The fraction of sp³-hybridized carbons (Fsp3) is 0.625. The molecule has 0 bridgehead atoms. The Morgan fingerprint density at radius 1 is 1.19 bits per heavy atom. The molecule has 0 radical (unpaired) electrons. The SMILES string of the molecule is O=c1[nH]ccn1[C@H]1C[C@H](O)[C@@H](COP(=O)(O)OP(=O)(O)OP(=O)(O)O)O1. The van der Waals surface area contributed by atoms with Crippen molar-refractivity contribution in [1.82, 2.24) is 9.55 Å². The van der Waals surface area contributed by atoms with Gasteiger partial charge in [-0.15, -0.1) is 0 Å². The highest BCUT2D eigenvalue weighted by Crippen LogP contribution is 2.66. The third kappa shape index (κ3) is 6.20. The quantitative estimate of drug-likeness (QED) is 0.272. The van der Waals surface area contributed by atoms with Crippen LogP contribution >= 0.6 is 23.5 Å². The summed E-state index contributed by atoms with van der Waals surface area (Å²) in [5.74, 6) is 0. The molecule has 0 saturated carbocycles. The molecule has 2 rings (SSSR count). The van der Waals surface area contributed by atoms with Crippen LogP contribution in [0.2, 0.25) is 0 Å². The van der Waals surface area contributed by atoms with E-state index in [-0.39, 0.29) is 6.42 Å². The minimum absolute atomic E-state index is 0.0534. The van der Waals surface area contributed by atoms with Crippen LogP contribution in [0, 0.1) is 0 Å². The molecule has 1 fully saturated rings. The zero-order chi connectivity index (χ0) is 19.8. The van der Waals surface area contributed by atoms with Crippen molar-refractivity contribution in [3.05, 3.63) is 22.9 Å². The lowest BCUT2D eigenvalue weighted by molar-refractivity contribution is -0.0444. The van der Waals surface area contributed by atoms with Gasteiger partial charge in [0.1, 0.15) is 12.3 Å². The van der Waals surface area contributed by atoms with Gasteiger partial charge in [-0.25, -0.2) is 18.5 Å². The van der Waals surface area contributed by atoms with E-state index in [9.17, 15) is 28.5 Å². The van der Waals surface area contributed by atoms with Gasteiger partial charge in [-0.05, 0) is 0 Å². The first-order valence-electron chi connectivity index (χ1n) is 6.65. The number of ether oxygens (including phenoxy) is 1. The van der Waals surface area contributed by atoms with E-state index in [4.69, 9.17) is 19.4 Å². The Morgan fingerprint density at radius 2 is 1.85 bits per heavy atom. The Labute approximate surface area is 144 Å². The van der Waals surface area contributed by atoms with Gasteiger partial charge in [0.15, 0.2) is 0 Å². The summed E-state index contributed by atoms with van der Waals surface area (Å²) in [6.45, 7) is -0.805. The Morgan fingerprint density at radius 3 is 2.38 bits per heavy atom. The smallest absolute Gasteiger partial charge is 0.390 e. The van der Waals surface area contributed by atoms with Crippen LogP contribution in [0.4, 0.5) is 0 Å². The highest BCUT2D eigenvalue weighted by atomic mass is 31.3. The number of phosphoric acid groups is 3. The molecular formula is C8H15N2O13P3. The van der Waals surface area contributed by atoms with Gasteiger partial charge in [-0.3, -0.25) is 9.09 Å². The zero-order valence-electron chi connectivity index (χ0n) is 12.6. The molecule has 0 aliphatic carbocycles. The van der Waals surface area contributed by atoms with Gasteiger partial charge >= 0.3 is 29.2 Å². The first-order valence-corrected chi connectivity index (χ1v) is 11.2. The van der Waals surface area contributed by atoms with Crippen LogP contribution < -0.4 is 5.69 Å². The largest absolute Gasteiger partial charge is 0.490 e. The Bertz CT molecular complexity index is 827. The number of nitrogens with zero attached hydrogens (tertiary/aromatic N) is 1. The first kappa shape index (κ1) is 21.6. The maximum atomic E-state index is 11.6. The van der Waals surface area contributed by atoms with E-state index in [1.165, 1.54) is 12.4 Å². The Balaban J connectivity index is 1.94. The van der Waals surface area contributed by atoms with Gasteiger partial charge < -0.3 is 34.4 Å². The minimum atomic E-state index is -5.62. The van der Waals surface area contributed by atoms with Crippen molar-refractivity contribution in [3.8, 4) is 0 Å². The van der Waals surface area contributed by atoms with Gasteiger partial charge in [-0.1, -0.05) is 0 Å². The number of aromatic nitrogens is 2. The summed E-state index contributed by atoms with van der Waals surface area (Å²) in [6, 6.07) is 0. The second-order valence-corrected chi connectivity index (χ2v) is 9.41. The molecule has 26 heavy (non-hydrogen) atoms. The number of aliphatic hydroxyl groups excluding tert-OH is 1. The van der Waals surface area contributed by atoms with Crippen molar-refractivity contribution in [2.45, 2.75) is 24.9 Å². The number of imidazole rings is 1. The number of nitrogens with one attached hydrogen (secondary N) is 1. The molecule has 1 aliphatic heterocycles. The Hall–Kier alpha value is -0.660. The number of phosphoric ester groups is 1. The van der Waals surface area contributed by atoms with Gasteiger partial charge in [0.05, 0.1) is 12.7 Å². The molecular weight excluding hydrogens is 425 g/mol. The van der Waals surface area contributed by atoms with Crippen LogP contribution in [0.3, 0.4) is 0 Å². The number of H-pyrrole nitrogens is 1. The number of hydrogen-bond donors (Lipinski definition) is 6. The van der Waals surface area contributed by atoms with Crippen molar-refractivity contribution >= 4 is 23.5 Å². The first-order chi connectivity index (χ1) is 11.8. The van der Waals surface area contributed by atoms with E-state index in [1.54, 1.807) is 0 Å². The molecule has 2 unspecified atom stereocenters. The van der Waals surface area contributed by atoms with Crippen LogP contribution in [0.5, 0.6) is 0 Å². The van der Waals surface area contributed by atoms with E-state index in [1.807, 2.05) is 0 Å². The maximum absolute atomic E-state index is 11.6. The monoisotopic (exact) mass is 440 g/mol. The number of aliphatic hydroxyl groups is 1. The van der Waals surface area contributed by atoms with E-state index in [0.717, 1.165) is 4.57 Å². The van der Waals surface area contributed by atoms with Crippen LogP contribution in [0.1, 0.15) is 12.6 Å². The fourth-order valence-corrected chi connectivity index (χ4v) is 5.09. The van der Waals surface area contributed by atoms with E-state index >= 15 is 0 Å². The average Bonchev–Trinajstić information content (AvgIpc) is 2.98. The lowest BCUT2D eigenvalue weighted by atomic mass is 10.2. The summed E-state index contributed by atoms with van der Waals surface area (Å²) in [5.41, 5.74) is -0.518. The number of rotatable bonds is 8. The van der Waals surface area contributed by atoms with Gasteiger partial charge in [0, 0.05) is 18.8 Å². The molecule has 5 atom stereocenters. The van der Waals surface area contributed by atoms with Crippen molar-refractivity contribution in [3.63, 3.8) is 0 Å². The van der Waals surface area contributed by atoms with Gasteiger partial charge in [-0.2, -0.15) is 8.62 Å². The summed E-state index contributed by atoms with van der Waals surface area (Å²) in [5, 5.41) is 9.86. The second-order valence-electron chi connectivity index (χ2n) is 4.99. The fourth-order valence-electron chi connectivity index (χ4n) is 2.06. The lowest BCUT2D eigenvalue weighted by Crippen LogP contribution is -2.26. The summed E-state index contributed by atoms with van der Waals surface area (Å²) in [7, 11) is -16.4. The average molecular weight is 440 g/mol. The van der Waals surface area contributed by atoms with Crippen molar-refractivity contribution in [2.75, 3.05) is 6.61 Å². The van der Waals surface area contributed by atoms with E-state index in [0.29, 0.717) is 0 Å². The maximum Gasteiger partial charge on any atom is 0.490 e. The van der Waals surface area contributed by atoms with Crippen LogP contribution in [-0.4, -0.2) is 53.0 Å². The molecule has 18 heteroatoms. The highest BCUT2D eigenvalue weighted by molar-refractivity contribution is 7.66. The number of hydrogen-bond acceptors (Lipinski definition) is 9. The normalized spacial score (nSPS) is 28.6. The zero-order valence-corrected chi connectivity index (χ0v) is 15.3. The van der Waals surface area contributed by atoms with Crippen molar-refractivity contribution < 1.29 is 56.3 Å². The minimum Gasteiger partial charge on any atom is -0.390 e. The summed E-state index contributed by atoms with van der Waals surface area (Å²) < 4.78 is 51.2.